The molecule has 2 aliphatic heterocycles. The van der Waals surface area contributed by atoms with Gasteiger partial charge in [0.25, 0.3) is 5.91 Å². The minimum absolute atomic E-state index is 0.0500. The zero-order chi connectivity index (χ0) is 25.8. The van der Waals surface area contributed by atoms with Crippen molar-refractivity contribution in [2.45, 2.75) is 45.8 Å². The molecule has 5 rings (SSSR count). The summed E-state index contributed by atoms with van der Waals surface area (Å²) in [4.78, 5) is 27.7. The Morgan fingerprint density at radius 3 is 2.78 bits per heavy atom. The Bertz CT molecular complexity index is 1280. The summed E-state index contributed by atoms with van der Waals surface area (Å²) in [6, 6.07) is 13.3. The van der Waals surface area contributed by atoms with Crippen molar-refractivity contribution < 1.29 is 28.3 Å². The quantitative estimate of drug-likeness (QED) is 0.469. The van der Waals surface area contributed by atoms with Crippen molar-refractivity contribution in [1.82, 2.24) is 15.4 Å². The molecule has 0 unspecified atom stereocenters. The topological polar surface area (TPSA) is 103 Å². The maximum absolute atomic E-state index is 13.4. The second-order valence-corrected chi connectivity index (χ2v) is 9.50. The third-order valence-electron chi connectivity index (χ3n) is 6.66. The summed E-state index contributed by atoms with van der Waals surface area (Å²) < 4.78 is 22.0. The molecular weight excluding hydrogens is 474 g/mol. The van der Waals surface area contributed by atoms with Gasteiger partial charge in [-0.05, 0) is 56.0 Å². The van der Waals surface area contributed by atoms with Crippen LogP contribution in [0.2, 0.25) is 0 Å². The second-order valence-electron chi connectivity index (χ2n) is 9.50. The molecule has 0 aliphatic carbocycles. The second kappa shape index (κ2) is 11.0. The van der Waals surface area contributed by atoms with Crippen LogP contribution in [-0.4, -0.2) is 54.5 Å². The maximum atomic E-state index is 13.4. The highest BCUT2D eigenvalue weighted by molar-refractivity contribution is 5.93. The average molecular weight is 506 g/mol. The molecule has 3 aromatic rings. The van der Waals surface area contributed by atoms with Gasteiger partial charge in [0.2, 0.25) is 12.7 Å². The SMILES string of the molecule is Cc1ccc(C)c(-c2cc(C(=O)N(CCC(=O)NCc3ccc4c(c3)OCO4)C[C@@H]3CCCO3)no2)c1. The minimum Gasteiger partial charge on any atom is -0.454 e. The predicted molar refractivity (Wildman–Crippen MR) is 135 cm³/mol. The van der Waals surface area contributed by atoms with Crippen LogP contribution in [0.25, 0.3) is 11.3 Å². The summed E-state index contributed by atoms with van der Waals surface area (Å²) in [5.41, 5.74) is 4.16. The first-order chi connectivity index (χ1) is 18.0. The number of nitrogens with zero attached hydrogens (tertiary/aromatic N) is 2. The number of rotatable bonds is 9. The summed E-state index contributed by atoms with van der Waals surface area (Å²) in [6.45, 7) is 5.90. The summed E-state index contributed by atoms with van der Waals surface area (Å²) in [5.74, 6) is 1.49. The fourth-order valence-corrected chi connectivity index (χ4v) is 4.55. The van der Waals surface area contributed by atoms with Crippen LogP contribution in [0.4, 0.5) is 0 Å². The lowest BCUT2D eigenvalue weighted by Crippen LogP contribution is -2.40. The fourth-order valence-electron chi connectivity index (χ4n) is 4.55. The van der Waals surface area contributed by atoms with Crippen molar-refractivity contribution >= 4 is 11.8 Å². The maximum Gasteiger partial charge on any atom is 0.276 e. The van der Waals surface area contributed by atoms with E-state index in [1.54, 1.807) is 11.0 Å². The first-order valence-electron chi connectivity index (χ1n) is 12.6. The molecule has 0 bridgehead atoms. The number of aryl methyl sites for hydroxylation is 2. The van der Waals surface area contributed by atoms with Crippen LogP contribution in [-0.2, 0) is 16.1 Å². The number of aromatic nitrogens is 1. The number of amides is 2. The van der Waals surface area contributed by atoms with Gasteiger partial charge in [-0.2, -0.15) is 0 Å². The molecule has 3 heterocycles. The molecule has 1 fully saturated rings. The standard InChI is InChI=1S/C28H31N3O6/c1-18-5-6-19(2)22(12-18)25-14-23(30-37-25)28(33)31(16-21-4-3-11-34-21)10-9-27(32)29-15-20-7-8-24-26(13-20)36-17-35-24/h5-8,12-14,21H,3-4,9-11,15-17H2,1-2H3,(H,29,32)/t21-/m0/s1. The Kier molecular flexibility index (Phi) is 7.41. The van der Waals surface area contributed by atoms with Gasteiger partial charge in [-0.15, -0.1) is 0 Å². The van der Waals surface area contributed by atoms with Crippen LogP contribution in [0.1, 0.15) is 46.4 Å². The Labute approximate surface area is 215 Å². The molecule has 0 spiro atoms. The van der Waals surface area contributed by atoms with E-state index in [1.165, 1.54) is 0 Å². The van der Waals surface area contributed by atoms with Gasteiger partial charge in [0.15, 0.2) is 23.0 Å². The average Bonchev–Trinajstić information content (AvgIpc) is 3.68. The van der Waals surface area contributed by atoms with Crippen molar-refractivity contribution in [3.63, 3.8) is 0 Å². The lowest BCUT2D eigenvalue weighted by molar-refractivity contribution is -0.121. The number of carbonyl (C=O) groups excluding carboxylic acids is 2. The van der Waals surface area contributed by atoms with E-state index >= 15 is 0 Å². The molecule has 0 radical (unpaired) electrons. The van der Waals surface area contributed by atoms with Crippen LogP contribution >= 0.6 is 0 Å². The minimum atomic E-state index is -0.278. The Balaban J connectivity index is 1.22. The first kappa shape index (κ1) is 24.8. The molecule has 2 amide bonds. The van der Waals surface area contributed by atoms with Gasteiger partial charge in [0.05, 0.1) is 6.10 Å². The Morgan fingerprint density at radius 2 is 1.95 bits per heavy atom. The largest absolute Gasteiger partial charge is 0.454 e. The molecule has 1 aromatic heterocycles. The number of hydrogen-bond acceptors (Lipinski definition) is 7. The fraction of sp³-hybridized carbons (Fsp3) is 0.393. The smallest absolute Gasteiger partial charge is 0.276 e. The number of ether oxygens (including phenoxy) is 3. The van der Waals surface area contributed by atoms with E-state index in [-0.39, 0.29) is 43.4 Å². The molecule has 37 heavy (non-hydrogen) atoms. The molecular formula is C28H31N3O6. The van der Waals surface area contributed by atoms with Gasteiger partial charge in [-0.25, -0.2) is 0 Å². The third-order valence-corrected chi connectivity index (χ3v) is 6.66. The van der Waals surface area contributed by atoms with Crippen molar-refractivity contribution in [1.29, 1.82) is 0 Å². The van der Waals surface area contributed by atoms with E-state index in [9.17, 15) is 9.59 Å². The zero-order valence-corrected chi connectivity index (χ0v) is 21.1. The van der Waals surface area contributed by atoms with E-state index in [0.29, 0.717) is 37.0 Å². The van der Waals surface area contributed by atoms with Gasteiger partial charge < -0.3 is 29.0 Å². The summed E-state index contributed by atoms with van der Waals surface area (Å²) in [6.07, 6.45) is 1.95. The Morgan fingerprint density at radius 1 is 1.08 bits per heavy atom. The summed E-state index contributed by atoms with van der Waals surface area (Å²) in [5, 5.41) is 6.98. The molecule has 9 nitrogen and oxygen atoms in total. The van der Waals surface area contributed by atoms with E-state index in [2.05, 4.69) is 10.5 Å². The highest BCUT2D eigenvalue weighted by Crippen LogP contribution is 2.32. The lowest BCUT2D eigenvalue weighted by Gasteiger charge is -2.24. The van der Waals surface area contributed by atoms with Crippen molar-refractivity contribution in [3.05, 3.63) is 64.8 Å². The molecule has 2 aliphatic rings. The van der Waals surface area contributed by atoms with Crippen LogP contribution in [0.5, 0.6) is 11.5 Å². The van der Waals surface area contributed by atoms with Crippen molar-refractivity contribution in [2.24, 2.45) is 0 Å². The first-order valence-corrected chi connectivity index (χ1v) is 12.6. The molecule has 9 heteroatoms. The van der Waals surface area contributed by atoms with Gasteiger partial charge >= 0.3 is 0 Å². The number of hydrogen-bond donors (Lipinski definition) is 1. The Hall–Kier alpha value is -3.85. The molecule has 0 saturated carbocycles. The van der Waals surface area contributed by atoms with Gasteiger partial charge in [0, 0.05) is 44.3 Å². The van der Waals surface area contributed by atoms with Gasteiger partial charge in [-0.1, -0.05) is 28.9 Å². The van der Waals surface area contributed by atoms with Crippen LogP contribution in [0.3, 0.4) is 0 Å². The molecule has 1 N–H and O–H groups in total. The summed E-state index contributed by atoms with van der Waals surface area (Å²) in [7, 11) is 0. The molecule has 1 atom stereocenters. The van der Waals surface area contributed by atoms with E-state index < -0.39 is 0 Å². The van der Waals surface area contributed by atoms with Crippen LogP contribution < -0.4 is 14.8 Å². The molecule has 1 saturated heterocycles. The highest BCUT2D eigenvalue weighted by Gasteiger charge is 2.26. The highest BCUT2D eigenvalue weighted by atomic mass is 16.7. The van der Waals surface area contributed by atoms with E-state index in [0.717, 1.165) is 35.1 Å². The number of nitrogens with one attached hydrogen (secondary N) is 1. The van der Waals surface area contributed by atoms with Gasteiger partial charge in [-0.3, -0.25) is 9.59 Å². The number of fused-ring (bicyclic) bond motifs is 1. The normalized spacial score (nSPS) is 16.1. The molecule has 2 aromatic carbocycles. The number of carbonyl (C=O) groups is 2. The van der Waals surface area contributed by atoms with Crippen LogP contribution in [0.15, 0.2) is 47.0 Å². The monoisotopic (exact) mass is 505 g/mol. The predicted octanol–water partition coefficient (Wildman–Crippen LogP) is 4.01. The van der Waals surface area contributed by atoms with Crippen LogP contribution in [0, 0.1) is 13.8 Å². The van der Waals surface area contributed by atoms with Gasteiger partial charge in [0.1, 0.15) is 0 Å². The third kappa shape index (κ3) is 5.94. The molecule has 194 valence electrons. The van der Waals surface area contributed by atoms with E-state index in [4.69, 9.17) is 18.7 Å². The lowest BCUT2D eigenvalue weighted by atomic mass is 10.0. The zero-order valence-electron chi connectivity index (χ0n) is 21.1. The summed E-state index contributed by atoms with van der Waals surface area (Å²) >= 11 is 0. The van der Waals surface area contributed by atoms with Crippen molar-refractivity contribution in [2.75, 3.05) is 26.5 Å². The number of benzene rings is 2. The van der Waals surface area contributed by atoms with E-state index in [1.807, 2.05) is 50.2 Å². The van der Waals surface area contributed by atoms with Crippen molar-refractivity contribution in [3.8, 4) is 22.8 Å².